The molecule has 0 amide bonds. The molecule has 0 unspecified atom stereocenters. The Hall–Kier alpha value is -1.69. The van der Waals surface area contributed by atoms with Gasteiger partial charge >= 0.3 is 5.69 Å². The largest absolute Gasteiger partial charge is 0.380 e. The highest BCUT2D eigenvalue weighted by molar-refractivity contribution is 5.63. The number of benzene rings is 1. The molecule has 0 aromatic heterocycles. The Labute approximate surface area is 105 Å². The van der Waals surface area contributed by atoms with Crippen molar-refractivity contribution in [3.63, 3.8) is 0 Å². The lowest BCUT2D eigenvalue weighted by Crippen LogP contribution is -2.28. The van der Waals surface area contributed by atoms with Crippen LogP contribution >= 0.6 is 0 Å². The number of likely N-dealkylation sites (N-methyl/N-ethyl adjacent to an activating group) is 1. The summed E-state index contributed by atoms with van der Waals surface area (Å²) in [7, 11) is 0. The van der Waals surface area contributed by atoms with Crippen LogP contribution in [0.4, 0.5) is 15.8 Å². The SMILES string of the molecule is CCOCCN(CC)c1cccc(F)c1[N+](=O)[O-]. The van der Waals surface area contributed by atoms with Crippen molar-refractivity contribution in [2.75, 3.05) is 31.2 Å². The van der Waals surface area contributed by atoms with Gasteiger partial charge in [0.05, 0.1) is 11.5 Å². The van der Waals surface area contributed by atoms with Crippen LogP contribution in [0.3, 0.4) is 0 Å². The van der Waals surface area contributed by atoms with E-state index in [-0.39, 0.29) is 0 Å². The summed E-state index contributed by atoms with van der Waals surface area (Å²) in [6.45, 7) is 5.83. The van der Waals surface area contributed by atoms with Crippen molar-refractivity contribution in [3.8, 4) is 0 Å². The number of halogens is 1. The molecule has 1 rings (SSSR count). The van der Waals surface area contributed by atoms with Crippen LogP contribution in [0.5, 0.6) is 0 Å². The molecule has 0 fully saturated rings. The summed E-state index contributed by atoms with van der Waals surface area (Å²) in [4.78, 5) is 11.9. The lowest BCUT2D eigenvalue weighted by atomic mass is 10.2. The number of nitro groups is 1. The van der Waals surface area contributed by atoms with Crippen LogP contribution in [0, 0.1) is 15.9 Å². The molecular weight excluding hydrogens is 239 g/mol. The van der Waals surface area contributed by atoms with E-state index in [9.17, 15) is 14.5 Å². The van der Waals surface area contributed by atoms with Crippen LogP contribution in [0.25, 0.3) is 0 Å². The van der Waals surface area contributed by atoms with E-state index in [1.54, 1.807) is 11.0 Å². The molecule has 0 aliphatic rings. The van der Waals surface area contributed by atoms with Crippen molar-refractivity contribution in [2.24, 2.45) is 0 Å². The maximum atomic E-state index is 13.5. The smallest absolute Gasteiger partial charge is 0.327 e. The third kappa shape index (κ3) is 3.40. The molecule has 0 atom stereocenters. The van der Waals surface area contributed by atoms with Crippen molar-refractivity contribution in [1.82, 2.24) is 0 Å². The van der Waals surface area contributed by atoms with E-state index in [4.69, 9.17) is 4.74 Å². The van der Waals surface area contributed by atoms with E-state index in [0.717, 1.165) is 6.07 Å². The van der Waals surface area contributed by atoms with Crippen LogP contribution in [-0.4, -0.2) is 31.2 Å². The van der Waals surface area contributed by atoms with Gasteiger partial charge in [0.15, 0.2) is 0 Å². The predicted molar refractivity (Wildman–Crippen MR) is 67.4 cm³/mol. The lowest BCUT2D eigenvalue weighted by Gasteiger charge is -2.22. The molecule has 0 saturated heterocycles. The molecule has 0 spiro atoms. The second-order valence-electron chi connectivity index (χ2n) is 3.64. The van der Waals surface area contributed by atoms with Gasteiger partial charge in [-0.05, 0) is 26.0 Å². The van der Waals surface area contributed by atoms with Crippen LogP contribution in [-0.2, 0) is 4.74 Å². The fourth-order valence-electron chi connectivity index (χ4n) is 1.71. The number of nitro benzene ring substituents is 1. The van der Waals surface area contributed by atoms with Crippen LogP contribution < -0.4 is 4.90 Å². The fraction of sp³-hybridized carbons (Fsp3) is 0.500. The summed E-state index contributed by atoms with van der Waals surface area (Å²) < 4.78 is 18.7. The zero-order valence-corrected chi connectivity index (χ0v) is 10.6. The van der Waals surface area contributed by atoms with Gasteiger partial charge in [0.2, 0.25) is 5.82 Å². The number of hydrogen-bond donors (Lipinski definition) is 0. The molecule has 0 N–H and O–H groups in total. The highest BCUT2D eigenvalue weighted by Crippen LogP contribution is 2.30. The zero-order valence-electron chi connectivity index (χ0n) is 10.6. The molecule has 0 heterocycles. The third-order valence-electron chi connectivity index (χ3n) is 2.58. The van der Waals surface area contributed by atoms with Gasteiger partial charge in [0.25, 0.3) is 0 Å². The molecule has 0 radical (unpaired) electrons. The molecule has 0 bridgehead atoms. The standard InChI is InChI=1S/C12H17FN2O3/c1-3-14(8-9-18-4-2)11-7-5-6-10(13)12(11)15(16)17/h5-7H,3-4,8-9H2,1-2H3. The quantitative estimate of drug-likeness (QED) is 0.427. The summed E-state index contributed by atoms with van der Waals surface area (Å²) in [6.07, 6.45) is 0. The van der Waals surface area contributed by atoms with Gasteiger partial charge < -0.3 is 9.64 Å². The Kier molecular flexibility index (Phi) is 5.51. The minimum atomic E-state index is -0.813. The fourth-order valence-corrected chi connectivity index (χ4v) is 1.71. The number of hydrogen-bond acceptors (Lipinski definition) is 4. The average Bonchev–Trinajstić information content (AvgIpc) is 2.34. The van der Waals surface area contributed by atoms with E-state index < -0.39 is 16.4 Å². The first-order valence-electron chi connectivity index (χ1n) is 5.87. The summed E-state index contributed by atoms with van der Waals surface area (Å²) in [5.74, 6) is -0.813. The molecule has 18 heavy (non-hydrogen) atoms. The normalized spacial score (nSPS) is 10.4. The molecule has 0 aliphatic carbocycles. The highest BCUT2D eigenvalue weighted by Gasteiger charge is 2.23. The van der Waals surface area contributed by atoms with Crippen molar-refractivity contribution >= 4 is 11.4 Å². The number of nitrogens with zero attached hydrogens (tertiary/aromatic N) is 2. The van der Waals surface area contributed by atoms with E-state index in [0.29, 0.717) is 32.0 Å². The van der Waals surface area contributed by atoms with Crippen molar-refractivity contribution in [1.29, 1.82) is 0 Å². The molecule has 100 valence electrons. The Morgan fingerprint density at radius 1 is 1.44 bits per heavy atom. The van der Waals surface area contributed by atoms with Crippen molar-refractivity contribution < 1.29 is 14.1 Å². The maximum absolute atomic E-state index is 13.5. The van der Waals surface area contributed by atoms with Gasteiger partial charge in [0.1, 0.15) is 5.69 Å². The summed E-state index contributed by atoms with van der Waals surface area (Å²) in [5.41, 5.74) is -0.182. The number of ether oxygens (including phenoxy) is 1. The lowest BCUT2D eigenvalue weighted by molar-refractivity contribution is -0.386. The van der Waals surface area contributed by atoms with Crippen LogP contribution in [0.2, 0.25) is 0 Å². The number of para-hydroxylation sites is 1. The first-order chi connectivity index (χ1) is 8.61. The minimum absolute atomic E-state index is 0.294. The van der Waals surface area contributed by atoms with E-state index >= 15 is 0 Å². The number of rotatable bonds is 7. The van der Waals surface area contributed by atoms with E-state index in [2.05, 4.69) is 0 Å². The monoisotopic (exact) mass is 256 g/mol. The van der Waals surface area contributed by atoms with Crippen molar-refractivity contribution in [2.45, 2.75) is 13.8 Å². The Bertz CT molecular complexity index is 412. The van der Waals surface area contributed by atoms with Crippen LogP contribution in [0.1, 0.15) is 13.8 Å². The zero-order chi connectivity index (χ0) is 13.5. The third-order valence-corrected chi connectivity index (χ3v) is 2.58. The van der Waals surface area contributed by atoms with Crippen molar-refractivity contribution in [3.05, 3.63) is 34.1 Å². The minimum Gasteiger partial charge on any atom is -0.380 e. The Morgan fingerprint density at radius 3 is 2.72 bits per heavy atom. The Morgan fingerprint density at radius 2 is 2.17 bits per heavy atom. The van der Waals surface area contributed by atoms with Crippen LogP contribution in [0.15, 0.2) is 18.2 Å². The first kappa shape index (κ1) is 14.4. The van der Waals surface area contributed by atoms with Gasteiger partial charge in [-0.25, -0.2) is 0 Å². The van der Waals surface area contributed by atoms with E-state index in [1.807, 2.05) is 13.8 Å². The summed E-state index contributed by atoms with van der Waals surface area (Å²) in [5, 5.41) is 10.9. The maximum Gasteiger partial charge on any atom is 0.327 e. The molecule has 0 aliphatic heterocycles. The van der Waals surface area contributed by atoms with Gasteiger partial charge in [-0.1, -0.05) is 6.07 Å². The Balaban J connectivity index is 2.98. The van der Waals surface area contributed by atoms with Gasteiger partial charge in [-0.15, -0.1) is 0 Å². The topological polar surface area (TPSA) is 55.6 Å². The van der Waals surface area contributed by atoms with Gasteiger partial charge in [-0.2, -0.15) is 4.39 Å². The van der Waals surface area contributed by atoms with Gasteiger partial charge in [0, 0.05) is 19.7 Å². The second-order valence-corrected chi connectivity index (χ2v) is 3.64. The molecule has 0 saturated carbocycles. The summed E-state index contributed by atoms with van der Waals surface area (Å²) in [6, 6.07) is 4.12. The molecule has 6 heteroatoms. The molecular formula is C12H17FN2O3. The first-order valence-corrected chi connectivity index (χ1v) is 5.87. The second kappa shape index (κ2) is 6.90. The van der Waals surface area contributed by atoms with E-state index in [1.165, 1.54) is 6.07 Å². The van der Waals surface area contributed by atoms with Gasteiger partial charge in [-0.3, -0.25) is 10.1 Å². The number of anilines is 1. The molecule has 1 aromatic rings. The highest BCUT2D eigenvalue weighted by atomic mass is 19.1. The molecule has 1 aromatic carbocycles. The summed E-state index contributed by atoms with van der Waals surface area (Å²) >= 11 is 0. The predicted octanol–water partition coefficient (Wildman–Crippen LogP) is 2.60. The molecule has 5 nitrogen and oxygen atoms in total. The average molecular weight is 256 g/mol.